The monoisotopic (exact) mass is 254 g/mol. The lowest BCUT2D eigenvalue weighted by Gasteiger charge is -2.03. The Bertz CT molecular complexity index is 554. The summed E-state index contributed by atoms with van der Waals surface area (Å²) < 4.78 is 0. The molecule has 0 aliphatic rings. The van der Waals surface area contributed by atoms with E-state index in [1.807, 2.05) is 19.1 Å². The van der Waals surface area contributed by atoms with Crippen LogP contribution in [0, 0.1) is 6.92 Å². The van der Waals surface area contributed by atoms with Gasteiger partial charge in [0.05, 0.1) is 6.20 Å². The molecule has 2 heterocycles. The highest BCUT2D eigenvalue weighted by molar-refractivity contribution is 7.15. The summed E-state index contributed by atoms with van der Waals surface area (Å²) in [4.78, 5) is 13.0. The summed E-state index contributed by atoms with van der Waals surface area (Å²) in [6.07, 6.45) is 1.42. The molecule has 2 aromatic rings. The van der Waals surface area contributed by atoms with Gasteiger partial charge in [0.15, 0.2) is 5.15 Å². The van der Waals surface area contributed by atoms with Gasteiger partial charge in [0, 0.05) is 15.3 Å². The third-order valence-electron chi connectivity index (χ3n) is 2.03. The number of nitrogens with zero attached hydrogens (tertiary/aromatic N) is 2. The van der Waals surface area contributed by atoms with Gasteiger partial charge >= 0.3 is 5.97 Å². The van der Waals surface area contributed by atoms with Crippen LogP contribution < -0.4 is 0 Å². The van der Waals surface area contributed by atoms with E-state index >= 15 is 0 Å². The Hall–Kier alpha value is -1.46. The Morgan fingerprint density at radius 2 is 2.25 bits per heavy atom. The van der Waals surface area contributed by atoms with Crippen molar-refractivity contribution in [3.8, 4) is 10.4 Å². The maximum atomic E-state index is 11.1. The molecule has 1 N–H and O–H groups in total. The van der Waals surface area contributed by atoms with E-state index in [4.69, 9.17) is 16.7 Å². The Balaban J connectivity index is 2.65. The molecule has 16 heavy (non-hydrogen) atoms. The highest BCUT2D eigenvalue weighted by atomic mass is 35.5. The molecule has 0 atom stereocenters. The average molecular weight is 255 g/mol. The number of carbonyl (C=O) groups is 1. The van der Waals surface area contributed by atoms with Crippen LogP contribution in [0.15, 0.2) is 18.3 Å². The molecule has 6 heteroatoms. The van der Waals surface area contributed by atoms with Gasteiger partial charge in [-0.3, -0.25) is 0 Å². The quantitative estimate of drug-likeness (QED) is 0.895. The number of aromatic carboxylic acids is 1. The Kier molecular flexibility index (Phi) is 2.89. The molecular formula is C10H7ClN2O2S. The second kappa shape index (κ2) is 4.19. The minimum absolute atomic E-state index is 0.00137. The SMILES string of the molecule is Cc1ccc(-c2cnnc(Cl)c2C(=O)O)s1. The molecule has 0 aromatic carbocycles. The zero-order valence-corrected chi connectivity index (χ0v) is 9.84. The van der Waals surface area contributed by atoms with E-state index in [-0.39, 0.29) is 10.7 Å². The summed E-state index contributed by atoms with van der Waals surface area (Å²) in [6, 6.07) is 3.76. The fourth-order valence-corrected chi connectivity index (χ4v) is 2.44. The van der Waals surface area contributed by atoms with E-state index < -0.39 is 5.97 Å². The lowest BCUT2D eigenvalue weighted by Crippen LogP contribution is -2.03. The second-order valence-electron chi connectivity index (χ2n) is 3.14. The van der Waals surface area contributed by atoms with Gasteiger partial charge in [-0.2, -0.15) is 5.10 Å². The van der Waals surface area contributed by atoms with Crippen molar-refractivity contribution in [3.05, 3.63) is 33.9 Å². The lowest BCUT2D eigenvalue weighted by molar-refractivity contribution is 0.0697. The first-order chi connectivity index (χ1) is 7.59. The van der Waals surface area contributed by atoms with E-state index in [1.54, 1.807) is 0 Å². The van der Waals surface area contributed by atoms with Gasteiger partial charge < -0.3 is 5.11 Å². The van der Waals surface area contributed by atoms with Gasteiger partial charge in [-0.25, -0.2) is 4.79 Å². The molecular weight excluding hydrogens is 248 g/mol. The van der Waals surface area contributed by atoms with Crippen LogP contribution in [0.1, 0.15) is 15.2 Å². The Morgan fingerprint density at radius 1 is 1.50 bits per heavy atom. The van der Waals surface area contributed by atoms with Crippen LogP contribution in [-0.4, -0.2) is 21.3 Å². The number of hydrogen-bond donors (Lipinski definition) is 1. The van der Waals surface area contributed by atoms with Crippen LogP contribution in [0.3, 0.4) is 0 Å². The van der Waals surface area contributed by atoms with Crippen LogP contribution in [0.25, 0.3) is 10.4 Å². The van der Waals surface area contributed by atoms with Gasteiger partial charge in [0.25, 0.3) is 0 Å². The van der Waals surface area contributed by atoms with Crippen molar-refractivity contribution in [2.45, 2.75) is 6.92 Å². The van der Waals surface area contributed by atoms with Crippen molar-refractivity contribution < 1.29 is 9.90 Å². The number of thiophene rings is 1. The largest absolute Gasteiger partial charge is 0.478 e. The van der Waals surface area contributed by atoms with E-state index in [9.17, 15) is 4.79 Å². The summed E-state index contributed by atoms with van der Waals surface area (Å²) in [7, 11) is 0. The summed E-state index contributed by atoms with van der Waals surface area (Å²) in [5.74, 6) is -1.10. The molecule has 0 spiro atoms. The van der Waals surface area contributed by atoms with E-state index in [0.717, 1.165) is 9.75 Å². The first-order valence-corrected chi connectivity index (χ1v) is 5.60. The van der Waals surface area contributed by atoms with Gasteiger partial charge in [0.2, 0.25) is 0 Å². The summed E-state index contributed by atoms with van der Waals surface area (Å²) in [5, 5.41) is 16.2. The van der Waals surface area contributed by atoms with E-state index in [1.165, 1.54) is 17.5 Å². The molecule has 2 rings (SSSR count). The smallest absolute Gasteiger partial charge is 0.339 e. The molecule has 4 nitrogen and oxygen atoms in total. The van der Waals surface area contributed by atoms with Crippen LogP contribution >= 0.6 is 22.9 Å². The summed E-state index contributed by atoms with van der Waals surface area (Å²) >= 11 is 7.22. The van der Waals surface area contributed by atoms with Gasteiger partial charge in [-0.05, 0) is 19.1 Å². The molecule has 0 aliphatic heterocycles. The predicted molar refractivity (Wildman–Crippen MR) is 62.1 cm³/mol. The number of aryl methyl sites for hydroxylation is 1. The predicted octanol–water partition coefficient (Wildman–Crippen LogP) is 2.87. The Labute approximate surface area is 101 Å². The minimum Gasteiger partial charge on any atom is -0.478 e. The molecule has 0 bridgehead atoms. The van der Waals surface area contributed by atoms with Gasteiger partial charge in [-0.1, -0.05) is 11.6 Å². The molecule has 2 aromatic heterocycles. The van der Waals surface area contributed by atoms with Crippen molar-refractivity contribution in [1.82, 2.24) is 10.2 Å². The molecule has 0 amide bonds. The standard InChI is InChI=1S/C10H7ClN2O2S/c1-5-2-3-7(16-5)6-4-12-13-9(11)8(6)10(14)15/h2-4H,1H3,(H,14,15). The molecule has 0 aliphatic carbocycles. The molecule has 0 radical (unpaired) electrons. The second-order valence-corrected chi connectivity index (χ2v) is 4.79. The lowest BCUT2D eigenvalue weighted by atomic mass is 10.1. The van der Waals surface area contributed by atoms with Gasteiger partial charge in [-0.15, -0.1) is 16.4 Å². The fourth-order valence-electron chi connectivity index (χ4n) is 1.33. The molecule has 0 saturated carbocycles. The maximum Gasteiger partial charge on any atom is 0.339 e. The number of aromatic nitrogens is 2. The maximum absolute atomic E-state index is 11.1. The average Bonchev–Trinajstić information content (AvgIpc) is 2.63. The number of carboxylic acid groups (broad SMARTS) is 1. The zero-order chi connectivity index (χ0) is 11.7. The third-order valence-corrected chi connectivity index (χ3v) is 3.33. The highest BCUT2D eigenvalue weighted by Gasteiger charge is 2.18. The number of rotatable bonds is 2. The van der Waals surface area contributed by atoms with Crippen LogP contribution in [0.2, 0.25) is 5.15 Å². The first-order valence-electron chi connectivity index (χ1n) is 4.41. The first kappa shape index (κ1) is 11.0. The van der Waals surface area contributed by atoms with Gasteiger partial charge in [0.1, 0.15) is 5.56 Å². The number of hydrogen-bond acceptors (Lipinski definition) is 4. The Morgan fingerprint density at radius 3 is 2.81 bits per heavy atom. The van der Waals surface area contributed by atoms with Crippen LogP contribution in [-0.2, 0) is 0 Å². The highest BCUT2D eigenvalue weighted by Crippen LogP contribution is 2.31. The van der Waals surface area contributed by atoms with Crippen LogP contribution in [0.5, 0.6) is 0 Å². The minimum atomic E-state index is -1.10. The molecule has 0 saturated heterocycles. The fraction of sp³-hybridized carbons (Fsp3) is 0.100. The topological polar surface area (TPSA) is 63.1 Å². The molecule has 0 unspecified atom stereocenters. The number of carboxylic acids is 1. The normalized spacial score (nSPS) is 10.4. The summed E-state index contributed by atoms with van der Waals surface area (Å²) in [6.45, 7) is 1.95. The molecule has 82 valence electrons. The third kappa shape index (κ3) is 1.91. The van der Waals surface area contributed by atoms with Crippen molar-refractivity contribution in [2.24, 2.45) is 0 Å². The van der Waals surface area contributed by atoms with E-state index in [2.05, 4.69) is 10.2 Å². The van der Waals surface area contributed by atoms with E-state index in [0.29, 0.717) is 5.56 Å². The van der Waals surface area contributed by atoms with Crippen molar-refractivity contribution >= 4 is 28.9 Å². The number of halogens is 1. The molecule has 0 fully saturated rings. The zero-order valence-electron chi connectivity index (χ0n) is 8.27. The van der Waals surface area contributed by atoms with Crippen molar-refractivity contribution in [3.63, 3.8) is 0 Å². The van der Waals surface area contributed by atoms with Crippen molar-refractivity contribution in [1.29, 1.82) is 0 Å². The van der Waals surface area contributed by atoms with Crippen LogP contribution in [0.4, 0.5) is 0 Å². The van der Waals surface area contributed by atoms with Crippen molar-refractivity contribution in [2.75, 3.05) is 0 Å². The summed E-state index contributed by atoms with van der Waals surface area (Å²) in [5.41, 5.74) is 0.504.